The number of H-pyrrole nitrogens is 1. The molecule has 3 rings (SSSR count). The van der Waals surface area contributed by atoms with Gasteiger partial charge >= 0.3 is 6.72 Å². The van der Waals surface area contributed by atoms with E-state index in [-0.39, 0.29) is 30.1 Å². The van der Waals surface area contributed by atoms with Crippen LogP contribution in [0.2, 0.25) is 0 Å². The zero-order valence-electron chi connectivity index (χ0n) is 11.7. The van der Waals surface area contributed by atoms with Crippen molar-refractivity contribution >= 4 is 36.1 Å². The molecule has 0 radical (unpaired) electrons. The second-order valence-electron chi connectivity index (χ2n) is 5.09. The molecule has 1 fully saturated rings. The van der Waals surface area contributed by atoms with Crippen molar-refractivity contribution in [3.05, 3.63) is 16.7 Å². The molecule has 2 aromatic rings. The van der Waals surface area contributed by atoms with Crippen molar-refractivity contribution in [2.24, 2.45) is 5.50 Å². The number of aliphatic hydroxyl groups excluding tert-OH is 1. The van der Waals surface area contributed by atoms with E-state index in [4.69, 9.17) is 20.5 Å². The highest BCUT2D eigenvalue weighted by atomic mass is 32.7. The molecule has 6 N–H and O–H groups in total. The third-order valence-corrected chi connectivity index (χ3v) is 4.20. The second-order valence-corrected chi connectivity index (χ2v) is 8.15. The lowest BCUT2D eigenvalue weighted by Crippen LogP contribution is -2.20. The Hall–Kier alpha value is -1.43. The Morgan fingerprint density at radius 3 is 3.09 bits per heavy atom. The number of nitrogens with two attached hydrogens (primary N) is 2. The standard InChI is InChI=1S/C10H15N6O5PS/c11-10-14-7-6(8(18)15-10)13-3-16(7)9-5(17)1-4(21-9)2-20-22(12,19)23/h3-5,9,17H,1-2H2,(H3,12,19,23)(H3,11,14,15,18)/t4-,5+,9+,22?/m0/s1. The minimum absolute atomic E-state index is 0.0734. The van der Waals surface area contributed by atoms with Crippen molar-refractivity contribution in [3.8, 4) is 0 Å². The Labute approximate surface area is 134 Å². The van der Waals surface area contributed by atoms with E-state index in [2.05, 4.69) is 27.2 Å². The van der Waals surface area contributed by atoms with E-state index in [1.807, 2.05) is 0 Å². The van der Waals surface area contributed by atoms with Crippen LogP contribution < -0.4 is 16.8 Å². The van der Waals surface area contributed by atoms with E-state index in [1.165, 1.54) is 10.9 Å². The Morgan fingerprint density at radius 1 is 1.65 bits per heavy atom. The average molecular weight is 362 g/mol. The fraction of sp³-hybridized carbons (Fsp3) is 0.500. The van der Waals surface area contributed by atoms with E-state index in [0.717, 1.165) is 0 Å². The molecule has 126 valence electrons. The molecule has 3 heterocycles. The Balaban J connectivity index is 1.85. The van der Waals surface area contributed by atoms with Gasteiger partial charge in [-0.2, -0.15) is 4.98 Å². The number of nitrogens with one attached hydrogen (secondary N) is 1. The number of hydrogen-bond acceptors (Lipinski definition) is 8. The highest BCUT2D eigenvalue weighted by Gasteiger charge is 2.37. The van der Waals surface area contributed by atoms with Crippen molar-refractivity contribution in [1.82, 2.24) is 19.5 Å². The monoisotopic (exact) mass is 362 g/mol. The number of aromatic nitrogens is 4. The first-order valence-electron chi connectivity index (χ1n) is 6.56. The first-order chi connectivity index (χ1) is 10.7. The van der Waals surface area contributed by atoms with Gasteiger partial charge in [-0.05, 0) is 0 Å². The first kappa shape index (κ1) is 16.4. The molecule has 0 aliphatic carbocycles. The van der Waals surface area contributed by atoms with Gasteiger partial charge in [0.25, 0.3) is 5.56 Å². The summed E-state index contributed by atoms with van der Waals surface area (Å²) in [5, 5.41) is 10.2. The molecule has 23 heavy (non-hydrogen) atoms. The SMILES string of the molecule is Nc1nc2c(ncn2[C@@H]2O[C@H](COP(N)(=O)S)C[C@H]2O)c(=O)[nH]1. The molecule has 0 amide bonds. The summed E-state index contributed by atoms with van der Waals surface area (Å²) in [5.74, 6) is -0.0734. The molecule has 1 saturated heterocycles. The van der Waals surface area contributed by atoms with Crippen molar-refractivity contribution in [2.75, 3.05) is 12.3 Å². The number of rotatable bonds is 4. The zero-order chi connectivity index (χ0) is 16.8. The fourth-order valence-corrected chi connectivity index (χ4v) is 2.99. The van der Waals surface area contributed by atoms with E-state index in [0.29, 0.717) is 0 Å². The number of nitrogens with zero attached hydrogens (tertiary/aromatic N) is 3. The summed E-state index contributed by atoms with van der Waals surface area (Å²) >= 11 is 3.62. The maximum Gasteiger partial charge on any atom is 0.320 e. The summed E-state index contributed by atoms with van der Waals surface area (Å²) in [7, 11) is 0. The lowest BCUT2D eigenvalue weighted by molar-refractivity contribution is -0.0452. The van der Waals surface area contributed by atoms with E-state index < -0.39 is 30.7 Å². The third-order valence-electron chi connectivity index (χ3n) is 3.34. The number of imidazole rings is 1. The lowest BCUT2D eigenvalue weighted by Gasteiger charge is -2.17. The predicted octanol–water partition coefficient (Wildman–Crippen LogP) is -0.637. The van der Waals surface area contributed by atoms with Gasteiger partial charge in [-0.15, -0.1) is 0 Å². The largest absolute Gasteiger partial charge is 0.388 e. The second kappa shape index (κ2) is 5.89. The molecule has 0 saturated carbocycles. The van der Waals surface area contributed by atoms with Crippen LogP contribution in [-0.2, 0) is 13.8 Å². The molecule has 13 heteroatoms. The molecule has 0 spiro atoms. The quantitative estimate of drug-likeness (QED) is 0.350. The number of anilines is 1. The average Bonchev–Trinajstić information content (AvgIpc) is 2.99. The molecule has 1 aliphatic rings. The van der Waals surface area contributed by atoms with Crippen LogP contribution >= 0.6 is 19.0 Å². The van der Waals surface area contributed by atoms with Crippen LogP contribution in [0.4, 0.5) is 5.95 Å². The van der Waals surface area contributed by atoms with Gasteiger partial charge in [-0.3, -0.25) is 24.4 Å². The van der Waals surface area contributed by atoms with Gasteiger partial charge in [-0.25, -0.2) is 4.98 Å². The van der Waals surface area contributed by atoms with Crippen LogP contribution in [0.1, 0.15) is 12.6 Å². The lowest BCUT2D eigenvalue weighted by atomic mass is 10.2. The normalized spacial score (nSPS) is 27.3. The minimum atomic E-state index is -3.43. The minimum Gasteiger partial charge on any atom is -0.388 e. The van der Waals surface area contributed by atoms with Crippen LogP contribution in [0.5, 0.6) is 0 Å². The fourth-order valence-electron chi connectivity index (χ4n) is 2.41. The van der Waals surface area contributed by atoms with Gasteiger partial charge in [0.05, 0.1) is 19.0 Å². The summed E-state index contributed by atoms with van der Waals surface area (Å²) in [5.41, 5.74) is 10.5. The number of ether oxygens (including phenoxy) is 1. The molecule has 0 aromatic carbocycles. The first-order valence-corrected chi connectivity index (χ1v) is 9.41. The van der Waals surface area contributed by atoms with Gasteiger partial charge in [0.15, 0.2) is 17.4 Å². The Kier molecular flexibility index (Phi) is 4.21. The highest BCUT2D eigenvalue weighted by molar-refractivity contribution is 8.45. The summed E-state index contributed by atoms with van der Waals surface area (Å²) in [4.78, 5) is 22.1. The van der Waals surface area contributed by atoms with Crippen LogP contribution in [0.15, 0.2) is 11.1 Å². The smallest absolute Gasteiger partial charge is 0.320 e. The van der Waals surface area contributed by atoms with Crippen LogP contribution in [0.25, 0.3) is 11.2 Å². The van der Waals surface area contributed by atoms with Gasteiger partial charge in [0.1, 0.15) is 6.10 Å². The summed E-state index contributed by atoms with van der Waals surface area (Å²) < 4.78 is 23.2. The number of fused-ring (bicyclic) bond motifs is 1. The Morgan fingerprint density at radius 2 is 2.39 bits per heavy atom. The molecule has 1 aliphatic heterocycles. The van der Waals surface area contributed by atoms with Gasteiger partial charge < -0.3 is 20.1 Å². The van der Waals surface area contributed by atoms with Crippen molar-refractivity contribution < 1.29 is 18.9 Å². The van der Waals surface area contributed by atoms with Gasteiger partial charge in [0.2, 0.25) is 5.95 Å². The van der Waals surface area contributed by atoms with E-state index in [9.17, 15) is 14.5 Å². The van der Waals surface area contributed by atoms with Crippen molar-refractivity contribution in [2.45, 2.75) is 24.9 Å². The third kappa shape index (κ3) is 3.42. The molecule has 2 aromatic heterocycles. The maximum absolute atomic E-state index is 11.8. The van der Waals surface area contributed by atoms with Crippen molar-refractivity contribution in [3.63, 3.8) is 0 Å². The summed E-state index contributed by atoms with van der Waals surface area (Å²) in [6, 6.07) is 0. The number of aliphatic hydroxyl groups is 1. The molecule has 4 atom stereocenters. The number of hydrogen-bond donors (Lipinski definition) is 5. The summed E-state index contributed by atoms with van der Waals surface area (Å²) in [6.07, 6.45) is -0.734. The molecule has 1 unspecified atom stereocenters. The van der Waals surface area contributed by atoms with Crippen LogP contribution in [-0.4, -0.2) is 43.4 Å². The van der Waals surface area contributed by atoms with E-state index >= 15 is 0 Å². The van der Waals surface area contributed by atoms with Gasteiger partial charge in [0, 0.05) is 6.42 Å². The topological polar surface area (TPSA) is 171 Å². The zero-order valence-corrected chi connectivity index (χ0v) is 13.5. The number of nitrogen functional groups attached to an aromatic ring is 1. The molecular weight excluding hydrogens is 347 g/mol. The predicted molar refractivity (Wildman–Crippen MR) is 83.8 cm³/mol. The van der Waals surface area contributed by atoms with Crippen LogP contribution in [0.3, 0.4) is 0 Å². The van der Waals surface area contributed by atoms with Crippen LogP contribution in [0, 0.1) is 0 Å². The molecular formula is C10H15N6O5PS. The maximum atomic E-state index is 11.8. The van der Waals surface area contributed by atoms with Gasteiger partial charge in [-0.1, -0.05) is 12.2 Å². The number of aromatic amines is 1. The summed E-state index contributed by atoms with van der Waals surface area (Å²) in [6.45, 7) is -3.52. The molecule has 0 bridgehead atoms. The highest BCUT2D eigenvalue weighted by Crippen LogP contribution is 2.43. The molecule has 11 nitrogen and oxygen atoms in total. The Bertz CT molecular complexity index is 833. The number of thiol groups is 1. The van der Waals surface area contributed by atoms with E-state index in [1.54, 1.807) is 0 Å². The van der Waals surface area contributed by atoms with Crippen molar-refractivity contribution in [1.29, 1.82) is 0 Å².